The third kappa shape index (κ3) is 9.58. The third-order valence-corrected chi connectivity index (χ3v) is 6.12. The number of aromatic hydroxyl groups is 1. The summed E-state index contributed by atoms with van der Waals surface area (Å²) in [5, 5.41) is 11.0. The van der Waals surface area contributed by atoms with Gasteiger partial charge in [-0.25, -0.2) is 0 Å². The highest BCUT2D eigenvalue weighted by atomic mass is 16.3. The molecule has 0 bridgehead atoms. The van der Waals surface area contributed by atoms with Crippen molar-refractivity contribution < 1.29 is 5.11 Å². The Labute approximate surface area is 182 Å². The molecule has 1 heteroatoms. The smallest absolute Gasteiger partial charge is 0.123 e. The van der Waals surface area contributed by atoms with Crippen LogP contribution >= 0.6 is 0 Å². The van der Waals surface area contributed by atoms with E-state index < -0.39 is 0 Å². The van der Waals surface area contributed by atoms with Crippen molar-refractivity contribution >= 4 is 0 Å². The lowest BCUT2D eigenvalue weighted by atomic mass is 9.76. The zero-order valence-electron chi connectivity index (χ0n) is 20.8. The van der Waals surface area contributed by atoms with Crippen molar-refractivity contribution in [1.82, 2.24) is 0 Å². The number of phenols is 1. The summed E-state index contributed by atoms with van der Waals surface area (Å²) in [5.74, 6) is 0.529. The van der Waals surface area contributed by atoms with Gasteiger partial charge in [-0.05, 0) is 34.8 Å². The topological polar surface area (TPSA) is 20.2 Å². The lowest BCUT2D eigenvalue weighted by Crippen LogP contribution is -2.19. The van der Waals surface area contributed by atoms with E-state index >= 15 is 0 Å². The number of hydrogen-bond donors (Lipinski definition) is 1. The first-order valence-corrected chi connectivity index (χ1v) is 12.4. The van der Waals surface area contributed by atoms with Gasteiger partial charge in [0, 0.05) is 5.56 Å². The Kier molecular flexibility index (Phi) is 11.4. The fourth-order valence-electron chi connectivity index (χ4n) is 4.44. The summed E-state index contributed by atoms with van der Waals surface area (Å²) in [7, 11) is 0. The van der Waals surface area contributed by atoms with Crippen molar-refractivity contribution in [1.29, 1.82) is 0 Å². The van der Waals surface area contributed by atoms with Crippen LogP contribution < -0.4 is 0 Å². The maximum Gasteiger partial charge on any atom is 0.123 e. The van der Waals surface area contributed by atoms with Crippen LogP contribution in [0.5, 0.6) is 5.75 Å². The van der Waals surface area contributed by atoms with Gasteiger partial charge in [0.05, 0.1) is 0 Å². The van der Waals surface area contributed by atoms with Crippen LogP contribution in [0.25, 0.3) is 0 Å². The van der Waals surface area contributed by atoms with Crippen molar-refractivity contribution in [3.8, 4) is 5.75 Å². The molecule has 0 aliphatic rings. The van der Waals surface area contributed by atoms with Crippen LogP contribution in [0.3, 0.4) is 0 Å². The Balaban J connectivity index is 2.40. The third-order valence-electron chi connectivity index (χ3n) is 6.12. The van der Waals surface area contributed by atoms with Gasteiger partial charge in [-0.2, -0.15) is 0 Å². The van der Waals surface area contributed by atoms with E-state index in [1.165, 1.54) is 82.6 Å². The Morgan fingerprint density at radius 3 is 1.48 bits per heavy atom. The minimum Gasteiger partial charge on any atom is -0.507 e. The lowest BCUT2D eigenvalue weighted by molar-refractivity contribution is 0.420. The maximum absolute atomic E-state index is 11.0. The first-order valence-electron chi connectivity index (χ1n) is 12.4. The second-order valence-electron chi connectivity index (χ2n) is 11.1. The highest BCUT2D eigenvalue weighted by molar-refractivity contribution is 5.51. The van der Waals surface area contributed by atoms with Gasteiger partial charge in [0.1, 0.15) is 5.75 Å². The van der Waals surface area contributed by atoms with E-state index in [0.29, 0.717) is 5.75 Å². The van der Waals surface area contributed by atoms with E-state index in [9.17, 15) is 5.11 Å². The molecule has 0 unspecified atom stereocenters. The standard InChI is InChI=1S/C28H50O/c1-8-9-10-11-12-13-14-15-16-17-18-19-20-23-21-22-24(27(2,3)4)26(29)25(23)28(5,6)7/h21-22,29H,8-20H2,1-7H3. The van der Waals surface area contributed by atoms with E-state index in [4.69, 9.17) is 0 Å². The molecule has 0 amide bonds. The average Bonchev–Trinajstić information content (AvgIpc) is 2.60. The normalized spacial score (nSPS) is 12.5. The Morgan fingerprint density at radius 1 is 0.621 bits per heavy atom. The van der Waals surface area contributed by atoms with Gasteiger partial charge >= 0.3 is 0 Å². The second kappa shape index (κ2) is 12.7. The molecule has 0 aliphatic heterocycles. The molecule has 0 aliphatic carbocycles. The molecular formula is C28H50O. The molecule has 0 saturated heterocycles. The van der Waals surface area contributed by atoms with E-state index in [2.05, 4.69) is 60.6 Å². The van der Waals surface area contributed by atoms with Crippen LogP contribution in [0, 0.1) is 0 Å². The summed E-state index contributed by atoms with van der Waals surface area (Å²) in [5.41, 5.74) is 3.51. The number of rotatable bonds is 13. The molecule has 29 heavy (non-hydrogen) atoms. The van der Waals surface area contributed by atoms with Gasteiger partial charge < -0.3 is 5.11 Å². The molecular weight excluding hydrogens is 352 g/mol. The average molecular weight is 403 g/mol. The summed E-state index contributed by atoms with van der Waals surface area (Å²) >= 11 is 0. The molecule has 0 fully saturated rings. The first-order chi connectivity index (χ1) is 13.6. The largest absolute Gasteiger partial charge is 0.507 e. The first kappa shape index (κ1) is 26.1. The zero-order valence-corrected chi connectivity index (χ0v) is 20.8. The van der Waals surface area contributed by atoms with Crippen molar-refractivity contribution in [3.05, 3.63) is 28.8 Å². The molecule has 0 spiro atoms. The summed E-state index contributed by atoms with van der Waals surface area (Å²) in [6.45, 7) is 15.5. The highest BCUT2D eigenvalue weighted by Crippen LogP contribution is 2.41. The molecule has 1 nitrogen and oxygen atoms in total. The molecule has 1 rings (SSSR count). The van der Waals surface area contributed by atoms with Crippen LogP contribution in [0.4, 0.5) is 0 Å². The summed E-state index contributed by atoms with van der Waals surface area (Å²) < 4.78 is 0. The van der Waals surface area contributed by atoms with E-state index in [1.807, 2.05) is 0 Å². The van der Waals surface area contributed by atoms with Crippen molar-refractivity contribution in [2.45, 2.75) is 143 Å². The molecule has 0 atom stereocenters. The summed E-state index contributed by atoms with van der Waals surface area (Å²) in [6.07, 6.45) is 17.7. The van der Waals surface area contributed by atoms with E-state index in [1.54, 1.807) is 0 Å². The minimum absolute atomic E-state index is 0.0292. The van der Waals surface area contributed by atoms with Crippen molar-refractivity contribution in [2.75, 3.05) is 0 Å². The van der Waals surface area contributed by atoms with Gasteiger partial charge in [0.25, 0.3) is 0 Å². The van der Waals surface area contributed by atoms with Crippen molar-refractivity contribution in [3.63, 3.8) is 0 Å². The summed E-state index contributed by atoms with van der Waals surface area (Å²) in [4.78, 5) is 0. The lowest BCUT2D eigenvalue weighted by Gasteiger charge is -2.29. The molecule has 1 N–H and O–H groups in total. The Hall–Kier alpha value is -0.980. The van der Waals surface area contributed by atoms with E-state index in [-0.39, 0.29) is 10.8 Å². The number of benzene rings is 1. The van der Waals surface area contributed by atoms with Gasteiger partial charge in [0.2, 0.25) is 0 Å². The van der Waals surface area contributed by atoms with Crippen molar-refractivity contribution in [2.24, 2.45) is 0 Å². The van der Waals surface area contributed by atoms with Crippen LogP contribution in [0.1, 0.15) is 142 Å². The molecule has 1 aromatic rings. The number of hydrogen-bond acceptors (Lipinski definition) is 1. The van der Waals surface area contributed by atoms with Gasteiger partial charge in [-0.1, -0.05) is 131 Å². The molecule has 0 aromatic heterocycles. The fraction of sp³-hybridized carbons (Fsp3) is 0.786. The fourth-order valence-corrected chi connectivity index (χ4v) is 4.44. The van der Waals surface area contributed by atoms with Gasteiger partial charge in [-0.3, -0.25) is 0 Å². The number of unbranched alkanes of at least 4 members (excludes halogenated alkanes) is 11. The zero-order chi connectivity index (χ0) is 21.9. The van der Waals surface area contributed by atoms with Gasteiger partial charge in [-0.15, -0.1) is 0 Å². The Bertz CT molecular complexity index is 571. The van der Waals surface area contributed by atoms with Crippen LogP contribution in [-0.4, -0.2) is 5.11 Å². The minimum atomic E-state index is -0.0300. The van der Waals surface area contributed by atoms with Crippen LogP contribution in [0.2, 0.25) is 0 Å². The molecule has 168 valence electrons. The monoisotopic (exact) mass is 402 g/mol. The van der Waals surface area contributed by atoms with Gasteiger partial charge in [0.15, 0.2) is 0 Å². The molecule has 1 aromatic carbocycles. The highest BCUT2D eigenvalue weighted by Gasteiger charge is 2.27. The number of aryl methyl sites for hydroxylation is 1. The van der Waals surface area contributed by atoms with Crippen LogP contribution in [0.15, 0.2) is 12.1 Å². The Morgan fingerprint density at radius 2 is 1.07 bits per heavy atom. The second-order valence-corrected chi connectivity index (χ2v) is 11.1. The molecule has 0 radical (unpaired) electrons. The predicted molar refractivity (Wildman–Crippen MR) is 130 cm³/mol. The summed E-state index contributed by atoms with van der Waals surface area (Å²) in [6, 6.07) is 4.43. The predicted octanol–water partition coefficient (Wildman–Crippen LogP) is 9.23. The quantitative estimate of drug-likeness (QED) is 0.326. The number of phenolic OH excluding ortho intramolecular Hbond substituents is 1. The molecule has 0 saturated carbocycles. The SMILES string of the molecule is CCCCCCCCCCCCCCc1ccc(C(C)(C)C)c(O)c1C(C)(C)C. The maximum atomic E-state index is 11.0. The molecule has 0 heterocycles. The van der Waals surface area contributed by atoms with E-state index in [0.717, 1.165) is 17.5 Å². The van der Waals surface area contributed by atoms with Crippen LogP contribution in [-0.2, 0) is 17.3 Å².